The molecule has 0 spiro atoms. The summed E-state index contributed by atoms with van der Waals surface area (Å²) in [4.78, 5) is 0. The fourth-order valence-corrected chi connectivity index (χ4v) is 9.92. The number of fused-ring (bicyclic) bond motifs is 5. The fourth-order valence-electron chi connectivity index (χ4n) is 9.92. The van der Waals surface area contributed by atoms with Crippen LogP contribution in [0.5, 0.6) is 0 Å². The molecule has 3 saturated carbocycles. The van der Waals surface area contributed by atoms with Crippen molar-refractivity contribution >= 4 is 0 Å². The van der Waals surface area contributed by atoms with Crippen molar-refractivity contribution in [2.45, 2.75) is 133 Å². The van der Waals surface area contributed by atoms with Gasteiger partial charge in [0.15, 0.2) is 0 Å². The minimum absolute atomic E-state index is 0.453. The molecule has 0 aromatic carbocycles. The SMILES string of the molecule is C=CC(CC)C(C)C.CCC(/C=C/C(C)C1CCC2C3CC=C4CC(OC)CCC4(C)C3CCC12C)C(C)C. The molecule has 10 unspecified atom stereocenters. The summed E-state index contributed by atoms with van der Waals surface area (Å²) >= 11 is 0. The lowest BCUT2D eigenvalue weighted by Gasteiger charge is -2.58. The molecule has 4 rings (SSSR count). The van der Waals surface area contributed by atoms with E-state index in [1.165, 1.54) is 64.2 Å². The van der Waals surface area contributed by atoms with Crippen LogP contribution in [0.4, 0.5) is 0 Å². The Kier molecular flexibility index (Phi) is 11.6. The first-order valence-corrected chi connectivity index (χ1v) is 17.0. The summed E-state index contributed by atoms with van der Waals surface area (Å²) in [6, 6.07) is 0. The van der Waals surface area contributed by atoms with Crippen LogP contribution in [-0.4, -0.2) is 13.2 Å². The van der Waals surface area contributed by atoms with Crippen LogP contribution in [0.1, 0.15) is 127 Å². The van der Waals surface area contributed by atoms with Gasteiger partial charge in [-0.25, -0.2) is 0 Å². The van der Waals surface area contributed by atoms with Crippen LogP contribution < -0.4 is 0 Å². The third-order valence-electron chi connectivity index (χ3n) is 12.7. The van der Waals surface area contributed by atoms with Crippen molar-refractivity contribution in [2.24, 2.45) is 64.1 Å². The predicted molar refractivity (Wildman–Crippen MR) is 172 cm³/mol. The van der Waals surface area contributed by atoms with Crippen LogP contribution in [0.2, 0.25) is 0 Å². The molecule has 0 N–H and O–H groups in total. The van der Waals surface area contributed by atoms with Crippen LogP contribution in [0.25, 0.3) is 0 Å². The molecule has 1 nitrogen and oxygen atoms in total. The molecule has 0 heterocycles. The molecule has 39 heavy (non-hydrogen) atoms. The molecule has 10 atom stereocenters. The Morgan fingerprint density at radius 1 is 0.897 bits per heavy atom. The Morgan fingerprint density at radius 3 is 2.10 bits per heavy atom. The molecular weight excluding hydrogens is 472 g/mol. The molecule has 0 radical (unpaired) electrons. The van der Waals surface area contributed by atoms with E-state index in [2.05, 4.69) is 87.1 Å². The van der Waals surface area contributed by atoms with Gasteiger partial charge < -0.3 is 4.74 Å². The van der Waals surface area contributed by atoms with E-state index in [4.69, 9.17) is 4.74 Å². The highest BCUT2D eigenvalue weighted by atomic mass is 16.5. The summed E-state index contributed by atoms with van der Waals surface area (Å²) in [6.07, 6.45) is 23.9. The summed E-state index contributed by atoms with van der Waals surface area (Å²) in [5.74, 6) is 7.36. The number of hydrogen-bond acceptors (Lipinski definition) is 1. The third-order valence-corrected chi connectivity index (χ3v) is 12.7. The second kappa shape index (κ2) is 13.9. The summed E-state index contributed by atoms with van der Waals surface area (Å²) in [6.45, 7) is 25.4. The Balaban J connectivity index is 0.000000459. The van der Waals surface area contributed by atoms with Gasteiger partial charge in [-0.2, -0.15) is 0 Å². The number of rotatable bonds is 9. The van der Waals surface area contributed by atoms with Gasteiger partial charge in [0.25, 0.3) is 0 Å². The molecule has 0 amide bonds. The highest BCUT2D eigenvalue weighted by Gasteiger charge is 2.59. The minimum atomic E-state index is 0.453. The van der Waals surface area contributed by atoms with Crippen LogP contribution in [0, 0.1) is 64.1 Å². The van der Waals surface area contributed by atoms with Crippen molar-refractivity contribution in [3.63, 3.8) is 0 Å². The normalized spacial score (nSPS) is 38.3. The van der Waals surface area contributed by atoms with Gasteiger partial charge in [-0.15, -0.1) is 6.58 Å². The third kappa shape index (κ3) is 6.81. The van der Waals surface area contributed by atoms with Crippen molar-refractivity contribution in [1.29, 1.82) is 0 Å². The summed E-state index contributed by atoms with van der Waals surface area (Å²) < 4.78 is 5.76. The topological polar surface area (TPSA) is 9.23 Å². The molecule has 0 aliphatic heterocycles. The summed E-state index contributed by atoms with van der Waals surface area (Å²) in [7, 11) is 1.91. The molecule has 0 aromatic heterocycles. The standard InChI is InChI=1S/C30H50O.C8H16/c1-8-22(20(2)3)10-9-21(4)26-13-14-27-25-12-11-23-19-24(31-7)15-17-29(23,5)28(25)16-18-30(26,27)6;1-5-8(6-2)7(3)4/h9-11,20-22,24-28H,8,12-19H2,1-7H3;5,7-8H,1,6H2,2-4H3/b10-9+;. The van der Waals surface area contributed by atoms with Gasteiger partial charge >= 0.3 is 0 Å². The smallest absolute Gasteiger partial charge is 0.0608 e. The zero-order valence-corrected chi connectivity index (χ0v) is 27.8. The maximum absolute atomic E-state index is 5.76. The first-order chi connectivity index (χ1) is 18.5. The fraction of sp³-hybridized carbons (Fsp3) is 0.842. The molecule has 0 bridgehead atoms. The predicted octanol–water partition coefficient (Wildman–Crippen LogP) is 11.3. The lowest BCUT2D eigenvalue weighted by molar-refractivity contribution is -0.0572. The molecule has 4 aliphatic carbocycles. The zero-order valence-electron chi connectivity index (χ0n) is 27.8. The van der Waals surface area contributed by atoms with E-state index in [9.17, 15) is 0 Å². The van der Waals surface area contributed by atoms with Crippen LogP contribution in [0.3, 0.4) is 0 Å². The maximum atomic E-state index is 5.76. The van der Waals surface area contributed by atoms with Crippen molar-refractivity contribution in [3.8, 4) is 0 Å². The van der Waals surface area contributed by atoms with E-state index in [0.717, 1.165) is 53.3 Å². The van der Waals surface area contributed by atoms with Gasteiger partial charge in [-0.3, -0.25) is 0 Å². The minimum Gasteiger partial charge on any atom is -0.381 e. The van der Waals surface area contributed by atoms with Crippen LogP contribution in [-0.2, 0) is 4.74 Å². The Bertz CT molecular complexity index is 834. The number of hydrogen-bond donors (Lipinski definition) is 0. The van der Waals surface area contributed by atoms with Gasteiger partial charge in [0, 0.05) is 7.11 Å². The first-order valence-electron chi connectivity index (χ1n) is 17.0. The Hall–Kier alpha value is -0.820. The number of allylic oxidation sites excluding steroid dienone is 4. The lowest BCUT2D eigenvalue weighted by atomic mass is 9.47. The van der Waals surface area contributed by atoms with Gasteiger partial charge in [0.1, 0.15) is 0 Å². The Morgan fingerprint density at radius 2 is 1.56 bits per heavy atom. The van der Waals surface area contributed by atoms with Gasteiger partial charge in [-0.05, 0) is 128 Å². The quantitative estimate of drug-likeness (QED) is 0.265. The van der Waals surface area contributed by atoms with Crippen LogP contribution in [0.15, 0.2) is 36.5 Å². The van der Waals surface area contributed by atoms with E-state index in [1.807, 2.05) is 13.2 Å². The second-order valence-electron chi connectivity index (χ2n) is 15.2. The van der Waals surface area contributed by atoms with Gasteiger partial charge in [0.2, 0.25) is 0 Å². The van der Waals surface area contributed by atoms with Crippen LogP contribution >= 0.6 is 0 Å². The van der Waals surface area contributed by atoms with Gasteiger partial charge in [-0.1, -0.05) is 92.2 Å². The van der Waals surface area contributed by atoms with Crippen molar-refractivity contribution in [1.82, 2.24) is 0 Å². The van der Waals surface area contributed by atoms with E-state index in [0.29, 0.717) is 16.9 Å². The molecule has 1 heteroatoms. The summed E-state index contributed by atoms with van der Waals surface area (Å²) in [5.41, 5.74) is 2.75. The highest BCUT2D eigenvalue weighted by Crippen LogP contribution is 2.67. The van der Waals surface area contributed by atoms with E-state index in [1.54, 1.807) is 5.57 Å². The monoisotopic (exact) mass is 539 g/mol. The van der Waals surface area contributed by atoms with E-state index < -0.39 is 0 Å². The first kappa shape index (κ1) is 32.7. The molecule has 3 fully saturated rings. The second-order valence-corrected chi connectivity index (χ2v) is 15.2. The number of ether oxygens (including phenoxy) is 1. The van der Waals surface area contributed by atoms with E-state index in [-0.39, 0.29) is 0 Å². The van der Waals surface area contributed by atoms with Crippen molar-refractivity contribution in [3.05, 3.63) is 36.5 Å². The number of methoxy groups -OCH3 is 1. The molecule has 0 aromatic rings. The molecule has 0 saturated heterocycles. The molecular formula is C38H66O. The highest BCUT2D eigenvalue weighted by molar-refractivity contribution is 5.25. The van der Waals surface area contributed by atoms with Crippen molar-refractivity contribution in [2.75, 3.05) is 7.11 Å². The van der Waals surface area contributed by atoms with Crippen molar-refractivity contribution < 1.29 is 4.74 Å². The van der Waals surface area contributed by atoms with Gasteiger partial charge in [0.05, 0.1) is 6.10 Å². The van der Waals surface area contributed by atoms with E-state index >= 15 is 0 Å². The summed E-state index contributed by atoms with van der Waals surface area (Å²) in [5, 5.41) is 0. The lowest BCUT2D eigenvalue weighted by Crippen LogP contribution is -2.50. The molecule has 224 valence electrons. The average Bonchev–Trinajstić information content (AvgIpc) is 3.26. The Labute approximate surface area is 244 Å². The maximum Gasteiger partial charge on any atom is 0.0608 e. The molecule has 4 aliphatic rings. The average molecular weight is 539 g/mol. The zero-order chi connectivity index (χ0) is 29.0. The largest absolute Gasteiger partial charge is 0.381 e.